The summed E-state index contributed by atoms with van der Waals surface area (Å²) < 4.78 is 16.9. The molecule has 0 aliphatic rings. The molecular weight excluding hydrogens is 121 g/mol. The maximum Gasteiger partial charge on any atom is 0.250 e. The second kappa shape index (κ2) is 2.44. The predicted molar refractivity (Wildman–Crippen MR) is 29.6 cm³/mol. The van der Waals surface area contributed by atoms with Crippen molar-refractivity contribution in [1.82, 2.24) is 4.98 Å². The number of aromatic nitrogens is 1. The fraction of sp³-hybridized carbons (Fsp3) is 0.167. The largest absolute Gasteiger partial charge is 0.479 e. The maximum absolute atomic E-state index is 12.4. The molecule has 47 valence electrons. The van der Waals surface area contributed by atoms with Crippen molar-refractivity contribution in [2.24, 2.45) is 0 Å². The second-order valence-corrected chi connectivity index (χ2v) is 1.43. The number of pyridine rings is 1. The summed E-state index contributed by atoms with van der Waals surface area (Å²) >= 11 is 0. The van der Waals surface area contributed by atoms with Gasteiger partial charge in [-0.05, 0) is 6.07 Å². The lowest BCUT2D eigenvalue weighted by atomic mass is 10.5. The topological polar surface area (TPSA) is 22.1 Å². The molecule has 0 fully saturated rings. The average molecular weight is 126 g/mol. The van der Waals surface area contributed by atoms with Crippen LogP contribution in [-0.2, 0) is 0 Å². The molecule has 1 radical (unpaired) electrons. The van der Waals surface area contributed by atoms with Gasteiger partial charge in [0.05, 0.1) is 7.11 Å². The monoisotopic (exact) mass is 126 g/mol. The van der Waals surface area contributed by atoms with Gasteiger partial charge in [-0.25, -0.2) is 9.37 Å². The van der Waals surface area contributed by atoms with Crippen LogP contribution in [0.5, 0.6) is 5.88 Å². The highest BCUT2D eigenvalue weighted by Gasteiger charge is 1.98. The van der Waals surface area contributed by atoms with Gasteiger partial charge in [-0.1, -0.05) is 0 Å². The molecule has 0 atom stereocenters. The van der Waals surface area contributed by atoms with Crippen LogP contribution in [0, 0.1) is 11.9 Å². The minimum atomic E-state index is -0.486. The molecule has 0 aromatic carbocycles. The van der Waals surface area contributed by atoms with E-state index in [0.717, 1.165) is 0 Å². The Morgan fingerprint density at radius 2 is 2.56 bits per heavy atom. The molecule has 1 aromatic heterocycles. The molecule has 0 amide bonds. The van der Waals surface area contributed by atoms with Crippen LogP contribution in [0.1, 0.15) is 0 Å². The zero-order valence-corrected chi connectivity index (χ0v) is 4.89. The average Bonchev–Trinajstić information content (AvgIpc) is 1.89. The Bertz CT molecular complexity index is 202. The molecule has 1 heterocycles. The third-order valence-corrected chi connectivity index (χ3v) is 0.864. The Morgan fingerprint density at radius 3 is 3.00 bits per heavy atom. The van der Waals surface area contributed by atoms with E-state index < -0.39 is 5.82 Å². The highest BCUT2D eigenvalue weighted by atomic mass is 19.1. The number of hydrogen-bond donors (Lipinski definition) is 0. The third kappa shape index (κ3) is 1.16. The van der Waals surface area contributed by atoms with E-state index in [4.69, 9.17) is 0 Å². The highest BCUT2D eigenvalue weighted by molar-refractivity contribution is 5.11. The number of nitrogens with zero attached hydrogens (tertiary/aromatic N) is 1. The molecule has 3 heteroatoms. The van der Waals surface area contributed by atoms with Crippen LogP contribution in [0.3, 0.4) is 0 Å². The summed E-state index contributed by atoms with van der Waals surface area (Å²) in [5.41, 5.74) is 0. The van der Waals surface area contributed by atoms with Gasteiger partial charge in [0.15, 0.2) is 5.82 Å². The normalized spacial score (nSPS) is 9.11. The number of methoxy groups -OCH3 is 1. The van der Waals surface area contributed by atoms with Gasteiger partial charge in [-0.2, -0.15) is 0 Å². The van der Waals surface area contributed by atoms with Crippen LogP contribution >= 0.6 is 0 Å². The number of hydrogen-bond acceptors (Lipinski definition) is 2. The number of rotatable bonds is 1. The van der Waals surface area contributed by atoms with Gasteiger partial charge in [0.2, 0.25) is 5.88 Å². The van der Waals surface area contributed by atoms with Crippen molar-refractivity contribution in [3.63, 3.8) is 0 Å². The molecule has 0 saturated heterocycles. The molecule has 0 spiro atoms. The van der Waals surface area contributed by atoms with E-state index in [1.807, 2.05) is 0 Å². The van der Waals surface area contributed by atoms with Crippen molar-refractivity contribution in [2.45, 2.75) is 0 Å². The maximum atomic E-state index is 12.4. The molecule has 0 bridgehead atoms. The number of halogens is 1. The van der Waals surface area contributed by atoms with E-state index >= 15 is 0 Å². The minimum absolute atomic E-state index is 0.00810. The molecule has 1 aromatic rings. The summed E-state index contributed by atoms with van der Waals surface area (Å²) in [5.74, 6) is -0.478. The van der Waals surface area contributed by atoms with E-state index in [-0.39, 0.29) is 5.88 Å². The lowest BCUT2D eigenvalue weighted by molar-refractivity contribution is 0.369. The van der Waals surface area contributed by atoms with Crippen molar-refractivity contribution in [1.29, 1.82) is 0 Å². The smallest absolute Gasteiger partial charge is 0.250 e. The van der Waals surface area contributed by atoms with Crippen LogP contribution in [0.25, 0.3) is 0 Å². The first-order valence-corrected chi connectivity index (χ1v) is 2.40. The Hall–Kier alpha value is -1.12. The van der Waals surface area contributed by atoms with Crippen LogP contribution in [0.2, 0.25) is 0 Å². The standard InChI is InChI=1S/C6H5FNO/c1-9-6-5(7)3-2-4-8-6/h3-4H,1H3. The van der Waals surface area contributed by atoms with Gasteiger partial charge >= 0.3 is 0 Å². The Morgan fingerprint density at radius 1 is 1.78 bits per heavy atom. The van der Waals surface area contributed by atoms with E-state index in [9.17, 15) is 4.39 Å². The first kappa shape index (κ1) is 6.01. The summed E-state index contributed by atoms with van der Waals surface area (Å²) in [6.45, 7) is 0. The molecule has 2 nitrogen and oxygen atoms in total. The zero-order valence-electron chi connectivity index (χ0n) is 4.89. The minimum Gasteiger partial charge on any atom is -0.479 e. The summed E-state index contributed by atoms with van der Waals surface area (Å²) in [6, 6.07) is 3.64. The van der Waals surface area contributed by atoms with Gasteiger partial charge in [0, 0.05) is 12.3 Å². The van der Waals surface area contributed by atoms with Crippen LogP contribution in [0.15, 0.2) is 12.3 Å². The lowest BCUT2D eigenvalue weighted by Crippen LogP contribution is -1.89. The highest BCUT2D eigenvalue weighted by Crippen LogP contribution is 2.08. The van der Waals surface area contributed by atoms with E-state index in [0.29, 0.717) is 0 Å². The molecule has 0 aliphatic heterocycles. The van der Waals surface area contributed by atoms with Gasteiger partial charge in [-0.15, -0.1) is 0 Å². The zero-order chi connectivity index (χ0) is 6.69. The number of ether oxygens (including phenoxy) is 1. The van der Waals surface area contributed by atoms with Crippen molar-refractivity contribution in [3.8, 4) is 5.88 Å². The van der Waals surface area contributed by atoms with Crippen LogP contribution in [-0.4, -0.2) is 12.1 Å². The summed E-state index contributed by atoms with van der Waals surface area (Å²) in [6.07, 6.45) is 1.35. The Kier molecular flexibility index (Phi) is 1.63. The first-order chi connectivity index (χ1) is 4.34. The summed E-state index contributed by atoms with van der Waals surface area (Å²) in [5, 5.41) is 0. The van der Waals surface area contributed by atoms with Crippen molar-refractivity contribution in [2.75, 3.05) is 7.11 Å². The van der Waals surface area contributed by atoms with Gasteiger partial charge in [-0.3, -0.25) is 0 Å². The molecule has 0 N–H and O–H groups in total. The fourth-order valence-electron chi connectivity index (χ4n) is 0.480. The van der Waals surface area contributed by atoms with Gasteiger partial charge in [0.25, 0.3) is 0 Å². The van der Waals surface area contributed by atoms with Gasteiger partial charge in [0.1, 0.15) is 0 Å². The Balaban J connectivity index is 3.01. The van der Waals surface area contributed by atoms with Gasteiger partial charge < -0.3 is 4.74 Å². The van der Waals surface area contributed by atoms with Crippen LogP contribution < -0.4 is 4.74 Å². The molecule has 0 unspecified atom stereocenters. The second-order valence-electron chi connectivity index (χ2n) is 1.43. The van der Waals surface area contributed by atoms with E-state index in [1.165, 1.54) is 19.4 Å². The lowest BCUT2D eigenvalue weighted by Gasteiger charge is -1.95. The summed E-state index contributed by atoms with van der Waals surface area (Å²) in [7, 11) is 1.37. The molecule has 0 aliphatic carbocycles. The SMILES string of the molecule is COc1nc[c]cc1F. The van der Waals surface area contributed by atoms with Crippen molar-refractivity contribution >= 4 is 0 Å². The first-order valence-electron chi connectivity index (χ1n) is 2.40. The summed E-state index contributed by atoms with van der Waals surface area (Å²) in [4.78, 5) is 3.54. The molecule has 9 heavy (non-hydrogen) atoms. The van der Waals surface area contributed by atoms with Crippen molar-refractivity contribution in [3.05, 3.63) is 24.1 Å². The molecule has 0 saturated carbocycles. The predicted octanol–water partition coefficient (Wildman–Crippen LogP) is 1.03. The van der Waals surface area contributed by atoms with E-state index in [2.05, 4.69) is 15.8 Å². The molecule has 1 rings (SSSR count). The molecular formula is C6H5FNO. The fourth-order valence-corrected chi connectivity index (χ4v) is 0.480. The van der Waals surface area contributed by atoms with Crippen molar-refractivity contribution < 1.29 is 9.13 Å². The third-order valence-electron chi connectivity index (χ3n) is 0.864. The van der Waals surface area contributed by atoms with Crippen LogP contribution in [0.4, 0.5) is 4.39 Å². The Labute approximate surface area is 52.3 Å². The quantitative estimate of drug-likeness (QED) is 0.560. The van der Waals surface area contributed by atoms with E-state index in [1.54, 1.807) is 0 Å².